The molecule has 0 fully saturated rings. The molecular formula is C15H22O3. The van der Waals surface area contributed by atoms with E-state index in [0.29, 0.717) is 6.42 Å². The highest BCUT2D eigenvalue weighted by Crippen LogP contribution is 2.22. The zero-order chi connectivity index (χ0) is 13.8. The number of hydrogen-bond acceptors (Lipinski definition) is 3. The van der Waals surface area contributed by atoms with Gasteiger partial charge in [0.2, 0.25) is 0 Å². The molecule has 1 atom stereocenters. The van der Waals surface area contributed by atoms with Crippen LogP contribution in [-0.2, 0) is 16.0 Å². The average molecular weight is 250 g/mol. The molecule has 0 N–H and O–H groups in total. The Morgan fingerprint density at radius 3 is 2.22 bits per heavy atom. The molecule has 0 amide bonds. The van der Waals surface area contributed by atoms with Crippen LogP contribution in [0.5, 0.6) is 5.75 Å². The van der Waals surface area contributed by atoms with Crippen LogP contribution in [0.15, 0.2) is 24.3 Å². The summed E-state index contributed by atoms with van der Waals surface area (Å²) >= 11 is 0. The van der Waals surface area contributed by atoms with E-state index in [0.717, 1.165) is 11.3 Å². The first-order chi connectivity index (χ1) is 8.32. The monoisotopic (exact) mass is 250 g/mol. The maximum absolute atomic E-state index is 11.8. The summed E-state index contributed by atoms with van der Waals surface area (Å²) in [6.45, 7) is 8.08. The molecular weight excluding hydrogens is 228 g/mol. The summed E-state index contributed by atoms with van der Waals surface area (Å²) in [6, 6.07) is 7.44. The standard InChI is InChI=1S/C15H22O3/c1-11(15(2,3)4)18-14(16)10-12-6-8-13(17-5)9-7-12/h6-9,11H,10H2,1-5H3/t11-/m0/s1. The molecule has 100 valence electrons. The van der Waals surface area contributed by atoms with Gasteiger partial charge in [-0.15, -0.1) is 0 Å². The lowest BCUT2D eigenvalue weighted by molar-refractivity contribution is -0.152. The van der Waals surface area contributed by atoms with Crippen molar-refractivity contribution >= 4 is 5.97 Å². The van der Waals surface area contributed by atoms with Gasteiger partial charge < -0.3 is 9.47 Å². The number of esters is 1. The normalized spacial score (nSPS) is 12.9. The van der Waals surface area contributed by atoms with Crippen molar-refractivity contribution in [1.29, 1.82) is 0 Å². The fourth-order valence-corrected chi connectivity index (χ4v) is 1.33. The highest BCUT2D eigenvalue weighted by Gasteiger charge is 2.23. The molecule has 3 heteroatoms. The van der Waals surface area contributed by atoms with Gasteiger partial charge in [0, 0.05) is 0 Å². The number of benzene rings is 1. The molecule has 0 unspecified atom stereocenters. The van der Waals surface area contributed by atoms with E-state index >= 15 is 0 Å². The van der Waals surface area contributed by atoms with Gasteiger partial charge in [0.15, 0.2) is 0 Å². The molecule has 3 nitrogen and oxygen atoms in total. The molecule has 0 aliphatic carbocycles. The maximum Gasteiger partial charge on any atom is 0.310 e. The van der Waals surface area contributed by atoms with Crippen molar-refractivity contribution in [3.63, 3.8) is 0 Å². The third-order valence-electron chi connectivity index (χ3n) is 3.04. The van der Waals surface area contributed by atoms with E-state index in [1.54, 1.807) is 7.11 Å². The lowest BCUT2D eigenvalue weighted by Crippen LogP contribution is -2.29. The topological polar surface area (TPSA) is 35.5 Å². The molecule has 1 aromatic rings. The molecule has 0 saturated carbocycles. The zero-order valence-corrected chi connectivity index (χ0v) is 11.8. The van der Waals surface area contributed by atoms with E-state index in [2.05, 4.69) is 20.8 Å². The second-order valence-electron chi connectivity index (χ2n) is 5.52. The Hall–Kier alpha value is -1.51. The number of carbonyl (C=O) groups is 1. The summed E-state index contributed by atoms with van der Waals surface area (Å²) in [5.41, 5.74) is 0.900. The molecule has 0 bridgehead atoms. The largest absolute Gasteiger partial charge is 0.497 e. The van der Waals surface area contributed by atoms with Crippen LogP contribution in [0.2, 0.25) is 0 Å². The Kier molecular flexibility index (Phi) is 4.76. The van der Waals surface area contributed by atoms with Gasteiger partial charge >= 0.3 is 5.97 Å². The van der Waals surface area contributed by atoms with Crippen molar-refractivity contribution in [2.75, 3.05) is 7.11 Å². The van der Waals surface area contributed by atoms with Gasteiger partial charge in [-0.05, 0) is 30.0 Å². The molecule has 0 spiro atoms. The second kappa shape index (κ2) is 5.89. The van der Waals surface area contributed by atoms with Crippen molar-refractivity contribution in [1.82, 2.24) is 0 Å². The molecule has 0 aliphatic heterocycles. The fourth-order valence-electron chi connectivity index (χ4n) is 1.33. The molecule has 1 aromatic carbocycles. The van der Waals surface area contributed by atoms with Crippen molar-refractivity contribution in [3.05, 3.63) is 29.8 Å². The predicted molar refractivity (Wildman–Crippen MR) is 71.7 cm³/mol. The number of methoxy groups -OCH3 is 1. The van der Waals surface area contributed by atoms with Gasteiger partial charge in [-0.3, -0.25) is 4.79 Å². The Morgan fingerprint density at radius 2 is 1.78 bits per heavy atom. The SMILES string of the molecule is COc1ccc(CC(=O)O[C@@H](C)C(C)(C)C)cc1. The van der Waals surface area contributed by atoms with E-state index < -0.39 is 0 Å². The second-order valence-corrected chi connectivity index (χ2v) is 5.52. The minimum absolute atomic E-state index is 0.0322. The smallest absolute Gasteiger partial charge is 0.310 e. The van der Waals surface area contributed by atoms with Crippen LogP contribution in [-0.4, -0.2) is 19.2 Å². The lowest BCUT2D eigenvalue weighted by atomic mass is 9.90. The van der Waals surface area contributed by atoms with Gasteiger partial charge in [0.25, 0.3) is 0 Å². The van der Waals surface area contributed by atoms with Crippen LogP contribution in [0, 0.1) is 5.41 Å². The summed E-state index contributed by atoms with van der Waals surface area (Å²) in [5, 5.41) is 0. The summed E-state index contributed by atoms with van der Waals surface area (Å²) < 4.78 is 10.5. The Morgan fingerprint density at radius 1 is 1.22 bits per heavy atom. The molecule has 0 aromatic heterocycles. The van der Waals surface area contributed by atoms with Crippen LogP contribution in [0.25, 0.3) is 0 Å². The van der Waals surface area contributed by atoms with E-state index in [1.165, 1.54) is 0 Å². The van der Waals surface area contributed by atoms with Crippen molar-refractivity contribution in [3.8, 4) is 5.75 Å². The Balaban J connectivity index is 2.54. The Labute approximate surface area is 109 Å². The lowest BCUT2D eigenvalue weighted by Gasteiger charge is -2.26. The van der Waals surface area contributed by atoms with E-state index in [-0.39, 0.29) is 17.5 Å². The molecule has 0 aliphatic rings. The summed E-state index contributed by atoms with van der Waals surface area (Å²) in [5.74, 6) is 0.595. The number of hydrogen-bond donors (Lipinski definition) is 0. The summed E-state index contributed by atoms with van der Waals surface area (Å²) in [4.78, 5) is 11.8. The minimum Gasteiger partial charge on any atom is -0.497 e. The number of rotatable bonds is 4. The van der Waals surface area contributed by atoms with Crippen molar-refractivity contribution in [2.45, 2.75) is 40.2 Å². The Bertz CT molecular complexity index is 387. The van der Waals surface area contributed by atoms with E-state index in [1.807, 2.05) is 31.2 Å². The minimum atomic E-state index is -0.192. The van der Waals surface area contributed by atoms with E-state index in [4.69, 9.17) is 9.47 Å². The predicted octanol–water partition coefficient (Wildman–Crippen LogP) is 3.22. The number of ether oxygens (including phenoxy) is 2. The van der Waals surface area contributed by atoms with Crippen molar-refractivity contribution < 1.29 is 14.3 Å². The first kappa shape index (κ1) is 14.6. The maximum atomic E-state index is 11.8. The molecule has 0 heterocycles. The van der Waals surface area contributed by atoms with Crippen LogP contribution in [0.4, 0.5) is 0 Å². The highest BCUT2D eigenvalue weighted by atomic mass is 16.5. The van der Waals surface area contributed by atoms with E-state index in [9.17, 15) is 4.79 Å². The fraction of sp³-hybridized carbons (Fsp3) is 0.533. The zero-order valence-electron chi connectivity index (χ0n) is 11.8. The van der Waals surface area contributed by atoms with Gasteiger partial charge in [-0.1, -0.05) is 32.9 Å². The third kappa shape index (κ3) is 4.40. The molecule has 1 rings (SSSR count). The quantitative estimate of drug-likeness (QED) is 0.770. The summed E-state index contributed by atoms with van der Waals surface area (Å²) in [7, 11) is 1.62. The summed E-state index contributed by atoms with van der Waals surface area (Å²) in [6.07, 6.45) is 0.202. The van der Waals surface area contributed by atoms with Crippen LogP contribution >= 0.6 is 0 Å². The molecule has 18 heavy (non-hydrogen) atoms. The first-order valence-electron chi connectivity index (χ1n) is 6.15. The van der Waals surface area contributed by atoms with Gasteiger partial charge in [-0.2, -0.15) is 0 Å². The van der Waals surface area contributed by atoms with Gasteiger partial charge in [0.1, 0.15) is 11.9 Å². The van der Waals surface area contributed by atoms with Crippen molar-refractivity contribution in [2.24, 2.45) is 5.41 Å². The van der Waals surface area contributed by atoms with Gasteiger partial charge in [0.05, 0.1) is 13.5 Å². The molecule has 0 radical (unpaired) electrons. The van der Waals surface area contributed by atoms with Crippen LogP contribution in [0.3, 0.4) is 0 Å². The average Bonchev–Trinajstić information content (AvgIpc) is 2.28. The highest BCUT2D eigenvalue weighted by molar-refractivity contribution is 5.72. The first-order valence-corrected chi connectivity index (χ1v) is 6.15. The molecule has 0 saturated heterocycles. The van der Waals surface area contributed by atoms with Crippen LogP contribution in [0.1, 0.15) is 33.3 Å². The number of carbonyl (C=O) groups excluding carboxylic acids is 1. The van der Waals surface area contributed by atoms with Crippen LogP contribution < -0.4 is 4.74 Å². The third-order valence-corrected chi connectivity index (χ3v) is 3.04. The van der Waals surface area contributed by atoms with Gasteiger partial charge in [-0.25, -0.2) is 0 Å².